The fraction of sp³-hybridized carbons (Fsp3) is 0.619. The number of likely N-dealkylation sites (tertiary alicyclic amines) is 1. The lowest BCUT2D eigenvalue weighted by Crippen LogP contribution is -2.46. The van der Waals surface area contributed by atoms with Crippen molar-refractivity contribution >= 4 is 11.8 Å². The Bertz CT molecular complexity index is 610. The number of hydrogen-bond acceptors (Lipinski definition) is 3. The van der Waals surface area contributed by atoms with E-state index in [4.69, 9.17) is 4.74 Å². The van der Waals surface area contributed by atoms with Crippen molar-refractivity contribution in [1.29, 1.82) is 0 Å². The van der Waals surface area contributed by atoms with Crippen LogP contribution in [0.2, 0.25) is 0 Å². The third-order valence-electron chi connectivity index (χ3n) is 5.19. The molecule has 5 nitrogen and oxygen atoms in total. The number of carbonyl (C=O) groups excluding carboxylic acids is 2. The molecule has 0 radical (unpaired) electrons. The molecule has 2 aliphatic rings. The molecular weight excluding hydrogens is 328 g/mol. The number of amides is 2. The number of nitrogens with one attached hydrogen (secondary N) is 1. The highest BCUT2D eigenvalue weighted by molar-refractivity contribution is 5.83. The Hall–Kier alpha value is -2.04. The maximum Gasteiger partial charge on any atom is 0.225 e. The fourth-order valence-electron chi connectivity index (χ4n) is 3.39. The molecule has 0 bridgehead atoms. The fourth-order valence-corrected chi connectivity index (χ4v) is 3.39. The molecule has 1 saturated heterocycles. The van der Waals surface area contributed by atoms with E-state index >= 15 is 0 Å². The molecule has 0 unspecified atom stereocenters. The van der Waals surface area contributed by atoms with Gasteiger partial charge in [0.25, 0.3) is 0 Å². The van der Waals surface area contributed by atoms with Crippen LogP contribution in [-0.2, 0) is 9.59 Å². The van der Waals surface area contributed by atoms with Crippen molar-refractivity contribution in [2.45, 2.75) is 45.4 Å². The Labute approximate surface area is 156 Å². The van der Waals surface area contributed by atoms with Gasteiger partial charge in [-0.3, -0.25) is 9.59 Å². The molecule has 1 aliphatic carbocycles. The lowest BCUT2D eigenvalue weighted by Gasteiger charge is -2.32. The number of piperidine rings is 1. The van der Waals surface area contributed by atoms with E-state index in [2.05, 4.69) is 12.2 Å². The zero-order valence-corrected chi connectivity index (χ0v) is 15.7. The number of ether oxygens (including phenoxy) is 1. The van der Waals surface area contributed by atoms with Gasteiger partial charge >= 0.3 is 0 Å². The van der Waals surface area contributed by atoms with E-state index in [-0.39, 0.29) is 23.7 Å². The van der Waals surface area contributed by atoms with E-state index in [1.165, 1.54) is 5.56 Å². The van der Waals surface area contributed by atoms with Gasteiger partial charge in [-0.15, -0.1) is 0 Å². The van der Waals surface area contributed by atoms with Gasteiger partial charge in [-0.25, -0.2) is 0 Å². The van der Waals surface area contributed by atoms with Crippen molar-refractivity contribution in [3.05, 3.63) is 29.8 Å². The first-order valence-electron chi connectivity index (χ1n) is 9.89. The standard InChI is InChI=1S/C21H30N2O3/c1-16-6-10-19(11-7-16)26-14-3-2-12-22-20(24)18-5-4-13-23(15-18)21(25)17-8-9-17/h6-7,10-11,17-18H,2-5,8-9,12-15H2,1H3,(H,22,24)/t18-/m0/s1. The Morgan fingerprint density at radius 1 is 1.12 bits per heavy atom. The summed E-state index contributed by atoms with van der Waals surface area (Å²) >= 11 is 0. The van der Waals surface area contributed by atoms with Gasteiger partial charge in [-0.1, -0.05) is 17.7 Å². The Kier molecular flexibility index (Phi) is 6.53. The summed E-state index contributed by atoms with van der Waals surface area (Å²) in [6.45, 7) is 4.79. The molecule has 1 saturated carbocycles. The van der Waals surface area contributed by atoms with Crippen LogP contribution in [0.25, 0.3) is 0 Å². The van der Waals surface area contributed by atoms with Crippen molar-refractivity contribution in [2.24, 2.45) is 11.8 Å². The summed E-state index contributed by atoms with van der Waals surface area (Å²) in [5.41, 5.74) is 1.22. The molecule has 0 spiro atoms. The first-order chi connectivity index (χ1) is 12.6. The number of rotatable bonds is 8. The number of benzene rings is 1. The maximum atomic E-state index is 12.4. The van der Waals surface area contributed by atoms with Crippen LogP contribution in [0.15, 0.2) is 24.3 Å². The molecule has 26 heavy (non-hydrogen) atoms. The molecule has 1 heterocycles. The van der Waals surface area contributed by atoms with Gasteiger partial charge in [0, 0.05) is 25.6 Å². The Balaban J connectivity index is 1.28. The van der Waals surface area contributed by atoms with Crippen molar-refractivity contribution in [3.8, 4) is 5.75 Å². The first kappa shape index (κ1) is 18.7. The molecule has 1 atom stereocenters. The molecular formula is C21H30N2O3. The average molecular weight is 358 g/mol. The number of nitrogens with zero attached hydrogens (tertiary/aromatic N) is 1. The van der Waals surface area contributed by atoms with Crippen LogP contribution in [-0.4, -0.2) is 43.0 Å². The summed E-state index contributed by atoms with van der Waals surface area (Å²) in [6.07, 6.45) is 5.67. The number of aryl methyl sites for hydroxylation is 1. The Morgan fingerprint density at radius 2 is 1.88 bits per heavy atom. The van der Waals surface area contributed by atoms with Crippen LogP contribution in [0.5, 0.6) is 5.75 Å². The minimum Gasteiger partial charge on any atom is -0.494 e. The lowest BCUT2D eigenvalue weighted by atomic mass is 9.96. The number of hydrogen-bond donors (Lipinski definition) is 1. The molecule has 2 amide bonds. The SMILES string of the molecule is Cc1ccc(OCCCCNC(=O)[C@H]2CCCN(C(=O)C3CC3)C2)cc1. The van der Waals surface area contributed by atoms with E-state index in [1.807, 2.05) is 29.2 Å². The van der Waals surface area contributed by atoms with Crippen molar-refractivity contribution < 1.29 is 14.3 Å². The number of unbranched alkanes of at least 4 members (excludes halogenated alkanes) is 1. The minimum atomic E-state index is -0.0461. The zero-order chi connectivity index (χ0) is 18.4. The summed E-state index contributed by atoms with van der Waals surface area (Å²) in [6, 6.07) is 8.04. The number of carbonyl (C=O) groups is 2. The van der Waals surface area contributed by atoms with Gasteiger partial charge < -0.3 is 15.0 Å². The summed E-state index contributed by atoms with van der Waals surface area (Å²) in [4.78, 5) is 26.4. The van der Waals surface area contributed by atoms with E-state index < -0.39 is 0 Å². The first-order valence-corrected chi connectivity index (χ1v) is 9.89. The second-order valence-corrected chi connectivity index (χ2v) is 7.56. The van der Waals surface area contributed by atoms with Gasteiger partial charge in [-0.2, -0.15) is 0 Å². The molecule has 1 aromatic carbocycles. The third-order valence-corrected chi connectivity index (χ3v) is 5.19. The quantitative estimate of drug-likeness (QED) is 0.727. The highest BCUT2D eigenvalue weighted by Gasteiger charge is 2.36. The molecule has 3 rings (SSSR count). The van der Waals surface area contributed by atoms with Crippen LogP contribution in [0.3, 0.4) is 0 Å². The monoisotopic (exact) mass is 358 g/mol. The summed E-state index contributed by atoms with van der Waals surface area (Å²) in [5, 5.41) is 3.03. The molecule has 1 aromatic rings. The van der Waals surface area contributed by atoms with Crippen LogP contribution in [0.4, 0.5) is 0 Å². The average Bonchev–Trinajstić information content (AvgIpc) is 3.50. The smallest absolute Gasteiger partial charge is 0.225 e. The minimum absolute atomic E-state index is 0.0461. The molecule has 2 fully saturated rings. The molecule has 1 aliphatic heterocycles. The second kappa shape index (κ2) is 9.06. The largest absolute Gasteiger partial charge is 0.494 e. The predicted octanol–water partition coefficient (Wildman–Crippen LogP) is 2.92. The van der Waals surface area contributed by atoms with E-state index in [0.717, 1.165) is 50.8 Å². The molecule has 1 N–H and O–H groups in total. The topological polar surface area (TPSA) is 58.6 Å². The van der Waals surface area contributed by atoms with Gasteiger partial charge in [0.1, 0.15) is 5.75 Å². The van der Waals surface area contributed by atoms with Gasteiger partial charge in [-0.05, 0) is 57.6 Å². The lowest BCUT2D eigenvalue weighted by molar-refractivity contribution is -0.136. The summed E-state index contributed by atoms with van der Waals surface area (Å²) < 4.78 is 5.70. The molecule has 5 heteroatoms. The normalized spacial score (nSPS) is 19.9. The molecule has 0 aromatic heterocycles. The second-order valence-electron chi connectivity index (χ2n) is 7.56. The van der Waals surface area contributed by atoms with Crippen molar-refractivity contribution in [2.75, 3.05) is 26.2 Å². The van der Waals surface area contributed by atoms with E-state index in [1.54, 1.807) is 0 Å². The van der Waals surface area contributed by atoms with E-state index in [9.17, 15) is 9.59 Å². The van der Waals surface area contributed by atoms with Crippen LogP contribution in [0, 0.1) is 18.8 Å². The van der Waals surface area contributed by atoms with Gasteiger partial charge in [0.2, 0.25) is 11.8 Å². The van der Waals surface area contributed by atoms with Crippen molar-refractivity contribution in [1.82, 2.24) is 10.2 Å². The van der Waals surface area contributed by atoms with Crippen LogP contribution >= 0.6 is 0 Å². The third kappa shape index (κ3) is 5.48. The van der Waals surface area contributed by atoms with Crippen LogP contribution < -0.4 is 10.1 Å². The predicted molar refractivity (Wildman–Crippen MR) is 101 cm³/mol. The summed E-state index contributed by atoms with van der Waals surface area (Å²) in [7, 11) is 0. The zero-order valence-electron chi connectivity index (χ0n) is 15.7. The highest BCUT2D eigenvalue weighted by Crippen LogP contribution is 2.32. The van der Waals surface area contributed by atoms with Crippen molar-refractivity contribution in [3.63, 3.8) is 0 Å². The van der Waals surface area contributed by atoms with Gasteiger partial charge in [0.05, 0.1) is 12.5 Å². The highest BCUT2D eigenvalue weighted by atomic mass is 16.5. The van der Waals surface area contributed by atoms with Gasteiger partial charge in [0.15, 0.2) is 0 Å². The Morgan fingerprint density at radius 3 is 2.62 bits per heavy atom. The van der Waals surface area contributed by atoms with Crippen LogP contribution in [0.1, 0.15) is 44.1 Å². The maximum absolute atomic E-state index is 12.4. The molecule has 142 valence electrons. The van der Waals surface area contributed by atoms with E-state index in [0.29, 0.717) is 19.7 Å². The summed E-state index contributed by atoms with van der Waals surface area (Å²) in [5.74, 6) is 1.44.